The summed E-state index contributed by atoms with van der Waals surface area (Å²) in [5.74, 6) is 1.50. The summed E-state index contributed by atoms with van der Waals surface area (Å²) in [6.45, 7) is 0.204. The van der Waals surface area contributed by atoms with Crippen LogP contribution in [0, 0.1) is 17.8 Å². The van der Waals surface area contributed by atoms with Crippen molar-refractivity contribution >= 4 is 17.2 Å². The number of hydrogen-bond donors (Lipinski definition) is 2. The zero-order valence-electron chi connectivity index (χ0n) is 9.63. The second-order valence-electron chi connectivity index (χ2n) is 5.19. The number of rotatable bonds is 3. The van der Waals surface area contributed by atoms with Gasteiger partial charge in [-0.1, -0.05) is 0 Å². The number of carbonyl (C=O) groups is 1. The van der Waals surface area contributed by atoms with Gasteiger partial charge in [-0.05, 0) is 42.5 Å². The third-order valence-electron chi connectivity index (χ3n) is 4.38. The van der Waals surface area contributed by atoms with E-state index >= 15 is 0 Å². The van der Waals surface area contributed by atoms with Crippen LogP contribution in [0.25, 0.3) is 0 Å². The molecule has 4 unspecified atom stereocenters. The first-order valence-electron chi connectivity index (χ1n) is 6.23. The molecule has 92 valence electrons. The van der Waals surface area contributed by atoms with Gasteiger partial charge in [0, 0.05) is 29.5 Å². The van der Waals surface area contributed by atoms with E-state index in [-0.39, 0.29) is 24.5 Å². The molecule has 2 fully saturated rings. The number of fused-ring (bicyclic) bond motifs is 2. The van der Waals surface area contributed by atoms with E-state index in [1.54, 1.807) is 0 Å². The fourth-order valence-corrected chi connectivity index (χ4v) is 4.16. The van der Waals surface area contributed by atoms with Crippen molar-refractivity contribution in [1.29, 1.82) is 0 Å². The van der Waals surface area contributed by atoms with Crippen LogP contribution in [0.2, 0.25) is 0 Å². The van der Waals surface area contributed by atoms with Crippen molar-refractivity contribution in [1.82, 2.24) is 5.32 Å². The highest BCUT2D eigenvalue weighted by Crippen LogP contribution is 2.48. The summed E-state index contributed by atoms with van der Waals surface area (Å²) >= 11 is 1.54. The second-order valence-corrected chi connectivity index (χ2v) is 5.97. The van der Waals surface area contributed by atoms with Crippen LogP contribution in [0.3, 0.4) is 0 Å². The van der Waals surface area contributed by atoms with Crippen molar-refractivity contribution in [2.75, 3.05) is 6.61 Å². The molecule has 2 aliphatic carbocycles. The van der Waals surface area contributed by atoms with Gasteiger partial charge in [0.15, 0.2) is 0 Å². The smallest absolute Gasteiger partial charge is 0.252 e. The molecule has 0 radical (unpaired) electrons. The predicted molar refractivity (Wildman–Crippen MR) is 67.0 cm³/mol. The van der Waals surface area contributed by atoms with Crippen LogP contribution in [0.1, 0.15) is 29.6 Å². The number of carbonyl (C=O) groups excluding carboxylic acids is 1. The second kappa shape index (κ2) is 4.42. The van der Waals surface area contributed by atoms with Gasteiger partial charge in [0.05, 0.1) is 0 Å². The van der Waals surface area contributed by atoms with E-state index in [1.807, 2.05) is 16.8 Å². The van der Waals surface area contributed by atoms with Crippen molar-refractivity contribution in [3.8, 4) is 0 Å². The molecule has 4 atom stereocenters. The van der Waals surface area contributed by atoms with Gasteiger partial charge >= 0.3 is 0 Å². The number of nitrogens with one attached hydrogen (secondary N) is 1. The zero-order valence-corrected chi connectivity index (χ0v) is 10.5. The Morgan fingerprint density at radius 2 is 2.29 bits per heavy atom. The Morgan fingerprint density at radius 1 is 1.47 bits per heavy atom. The summed E-state index contributed by atoms with van der Waals surface area (Å²) in [5.41, 5.74) is 0.745. The quantitative estimate of drug-likeness (QED) is 0.862. The van der Waals surface area contributed by atoms with Crippen molar-refractivity contribution in [2.24, 2.45) is 17.8 Å². The Bertz CT molecular complexity index is 404. The molecule has 17 heavy (non-hydrogen) atoms. The lowest BCUT2D eigenvalue weighted by Gasteiger charge is -2.30. The standard InChI is InChI=1S/C13H17NO2S/c15-6-11-8-1-2-9(5-8)12(11)14-13(16)10-3-4-17-7-10/h3-4,7-9,11-12,15H,1-2,5-6H2,(H,14,16). The number of aliphatic hydroxyl groups is 1. The van der Waals surface area contributed by atoms with E-state index < -0.39 is 0 Å². The van der Waals surface area contributed by atoms with Crippen LogP contribution >= 0.6 is 11.3 Å². The topological polar surface area (TPSA) is 49.3 Å². The van der Waals surface area contributed by atoms with Gasteiger partial charge in [-0.25, -0.2) is 0 Å². The Balaban J connectivity index is 1.71. The lowest BCUT2D eigenvalue weighted by atomic mass is 9.85. The number of thiophene rings is 1. The normalized spacial score (nSPS) is 35.1. The monoisotopic (exact) mass is 251 g/mol. The summed E-state index contributed by atoms with van der Waals surface area (Å²) in [4.78, 5) is 12.0. The summed E-state index contributed by atoms with van der Waals surface area (Å²) in [6.07, 6.45) is 3.61. The highest BCUT2D eigenvalue weighted by Gasteiger charge is 2.47. The average molecular weight is 251 g/mol. The van der Waals surface area contributed by atoms with Crippen LogP contribution < -0.4 is 5.32 Å². The van der Waals surface area contributed by atoms with Crippen molar-refractivity contribution in [3.63, 3.8) is 0 Å². The Hall–Kier alpha value is -0.870. The van der Waals surface area contributed by atoms with Crippen LogP contribution in [-0.2, 0) is 0 Å². The largest absolute Gasteiger partial charge is 0.396 e. The Kier molecular flexibility index (Phi) is 2.92. The minimum Gasteiger partial charge on any atom is -0.396 e. The molecular weight excluding hydrogens is 234 g/mol. The fraction of sp³-hybridized carbons (Fsp3) is 0.615. The van der Waals surface area contributed by atoms with E-state index in [1.165, 1.54) is 30.6 Å². The molecule has 0 aliphatic heterocycles. The van der Waals surface area contributed by atoms with E-state index in [0.29, 0.717) is 11.8 Å². The summed E-state index contributed by atoms with van der Waals surface area (Å²) in [6, 6.07) is 2.03. The molecule has 0 spiro atoms. The van der Waals surface area contributed by atoms with Crippen LogP contribution in [0.5, 0.6) is 0 Å². The molecule has 2 aliphatic rings. The molecule has 2 saturated carbocycles. The van der Waals surface area contributed by atoms with E-state index in [4.69, 9.17) is 0 Å². The van der Waals surface area contributed by atoms with Gasteiger partial charge in [0.25, 0.3) is 5.91 Å². The minimum absolute atomic E-state index is 0.0160. The minimum atomic E-state index is 0.0160. The molecule has 0 saturated heterocycles. The lowest BCUT2D eigenvalue weighted by molar-refractivity contribution is 0.0862. The molecular formula is C13H17NO2S. The highest BCUT2D eigenvalue weighted by molar-refractivity contribution is 7.08. The number of aliphatic hydroxyl groups excluding tert-OH is 1. The van der Waals surface area contributed by atoms with Gasteiger partial charge in [-0.3, -0.25) is 4.79 Å². The van der Waals surface area contributed by atoms with Crippen LogP contribution in [0.15, 0.2) is 16.8 Å². The molecule has 4 heteroatoms. The number of amides is 1. The predicted octanol–water partition coefficient (Wildman–Crippen LogP) is 1.88. The molecule has 2 N–H and O–H groups in total. The maximum absolute atomic E-state index is 12.0. The summed E-state index contributed by atoms with van der Waals surface area (Å²) in [5, 5.41) is 16.4. The average Bonchev–Trinajstić information content (AvgIpc) is 3.05. The molecule has 0 aromatic carbocycles. The Morgan fingerprint density at radius 3 is 3.00 bits per heavy atom. The first kappa shape index (κ1) is 11.2. The molecule has 3 rings (SSSR count). The zero-order chi connectivity index (χ0) is 11.8. The Labute approximate surface area is 105 Å². The fourth-order valence-electron chi connectivity index (χ4n) is 3.53. The SMILES string of the molecule is O=C(NC1C2CCC(C2)C1CO)c1ccsc1. The van der Waals surface area contributed by atoms with Gasteiger partial charge in [-0.2, -0.15) is 11.3 Å². The van der Waals surface area contributed by atoms with Crippen LogP contribution in [0.4, 0.5) is 0 Å². The maximum Gasteiger partial charge on any atom is 0.252 e. The molecule has 3 nitrogen and oxygen atoms in total. The van der Waals surface area contributed by atoms with Crippen molar-refractivity contribution in [3.05, 3.63) is 22.4 Å². The van der Waals surface area contributed by atoms with Gasteiger partial charge in [-0.15, -0.1) is 0 Å². The van der Waals surface area contributed by atoms with Gasteiger partial charge in [0.2, 0.25) is 0 Å². The van der Waals surface area contributed by atoms with Crippen molar-refractivity contribution in [2.45, 2.75) is 25.3 Å². The maximum atomic E-state index is 12.0. The number of hydrogen-bond acceptors (Lipinski definition) is 3. The lowest BCUT2D eigenvalue weighted by Crippen LogP contribution is -2.45. The molecule has 1 heterocycles. The molecule has 2 bridgehead atoms. The van der Waals surface area contributed by atoms with Crippen molar-refractivity contribution < 1.29 is 9.90 Å². The van der Waals surface area contributed by atoms with E-state index in [0.717, 1.165) is 5.56 Å². The third-order valence-corrected chi connectivity index (χ3v) is 5.06. The first-order valence-corrected chi connectivity index (χ1v) is 7.18. The summed E-state index contributed by atoms with van der Waals surface area (Å²) in [7, 11) is 0. The first-order chi connectivity index (χ1) is 8.29. The molecule has 1 aromatic heterocycles. The van der Waals surface area contributed by atoms with E-state index in [2.05, 4.69) is 5.32 Å². The van der Waals surface area contributed by atoms with Crippen LogP contribution in [-0.4, -0.2) is 23.7 Å². The van der Waals surface area contributed by atoms with Gasteiger partial charge in [0.1, 0.15) is 0 Å². The third kappa shape index (κ3) is 1.89. The molecule has 1 aromatic rings. The highest BCUT2D eigenvalue weighted by atomic mass is 32.1. The van der Waals surface area contributed by atoms with E-state index in [9.17, 15) is 9.90 Å². The summed E-state index contributed by atoms with van der Waals surface area (Å²) < 4.78 is 0. The molecule has 1 amide bonds. The van der Waals surface area contributed by atoms with Gasteiger partial charge < -0.3 is 10.4 Å².